The Morgan fingerprint density at radius 2 is 1.96 bits per heavy atom. The maximum absolute atomic E-state index is 12.0. The largest absolute Gasteiger partial charge is 0.506 e. The first-order valence-corrected chi connectivity index (χ1v) is 8.55. The van der Waals surface area contributed by atoms with Gasteiger partial charge in [-0.05, 0) is 37.9 Å². The molecule has 0 aromatic heterocycles. The van der Waals surface area contributed by atoms with Gasteiger partial charge in [-0.15, -0.1) is 0 Å². The summed E-state index contributed by atoms with van der Waals surface area (Å²) in [5.74, 6) is 0.245. The predicted octanol–water partition coefficient (Wildman–Crippen LogP) is 2.91. The van der Waals surface area contributed by atoms with Crippen LogP contribution in [0.2, 0.25) is 0 Å². The van der Waals surface area contributed by atoms with Crippen LogP contribution >= 0.6 is 0 Å². The number of ether oxygens (including phenoxy) is 1. The SMILES string of the molecule is CCC1(CC)CC(CCNCCNc2ccccc2O)OC1=O. The van der Waals surface area contributed by atoms with Gasteiger partial charge >= 0.3 is 5.97 Å². The Morgan fingerprint density at radius 3 is 2.61 bits per heavy atom. The fourth-order valence-corrected chi connectivity index (χ4v) is 3.12. The number of benzene rings is 1. The molecule has 23 heavy (non-hydrogen) atoms. The van der Waals surface area contributed by atoms with E-state index in [2.05, 4.69) is 24.5 Å². The molecule has 3 N–H and O–H groups in total. The first-order chi connectivity index (χ1) is 11.1. The van der Waals surface area contributed by atoms with E-state index in [0.717, 1.165) is 51.0 Å². The molecule has 1 aromatic carbocycles. The summed E-state index contributed by atoms with van der Waals surface area (Å²) in [6, 6.07) is 7.20. The van der Waals surface area contributed by atoms with E-state index in [0.29, 0.717) is 0 Å². The monoisotopic (exact) mass is 320 g/mol. The van der Waals surface area contributed by atoms with Crippen molar-refractivity contribution >= 4 is 11.7 Å². The van der Waals surface area contributed by atoms with Crippen molar-refractivity contribution in [3.8, 4) is 5.75 Å². The highest BCUT2D eigenvalue weighted by atomic mass is 16.6. The third kappa shape index (κ3) is 4.38. The Kier molecular flexibility index (Phi) is 6.28. The van der Waals surface area contributed by atoms with Crippen molar-refractivity contribution in [3.63, 3.8) is 0 Å². The molecule has 5 nitrogen and oxygen atoms in total. The predicted molar refractivity (Wildman–Crippen MR) is 91.6 cm³/mol. The minimum absolute atomic E-state index is 0.0197. The van der Waals surface area contributed by atoms with Gasteiger partial charge in [0.2, 0.25) is 0 Å². The molecular formula is C18H28N2O3. The van der Waals surface area contributed by atoms with Gasteiger partial charge in [0.05, 0.1) is 11.1 Å². The number of rotatable bonds is 9. The van der Waals surface area contributed by atoms with Crippen LogP contribution in [-0.2, 0) is 9.53 Å². The van der Waals surface area contributed by atoms with Crippen LogP contribution < -0.4 is 10.6 Å². The van der Waals surface area contributed by atoms with E-state index in [1.54, 1.807) is 12.1 Å². The van der Waals surface area contributed by atoms with Crippen molar-refractivity contribution in [2.24, 2.45) is 5.41 Å². The highest BCUT2D eigenvalue weighted by Crippen LogP contribution is 2.40. The van der Waals surface area contributed by atoms with Gasteiger partial charge in [-0.25, -0.2) is 0 Å². The number of esters is 1. The molecule has 5 heteroatoms. The van der Waals surface area contributed by atoms with Crippen LogP contribution in [0.15, 0.2) is 24.3 Å². The van der Waals surface area contributed by atoms with E-state index in [1.807, 2.05) is 12.1 Å². The molecule has 128 valence electrons. The smallest absolute Gasteiger partial charge is 0.312 e. The standard InChI is InChI=1S/C18H28N2O3/c1-3-18(4-2)13-14(23-17(18)22)9-10-19-11-12-20-15-7-5-6-8-16(15)21/h5-8,14,19-21H,3-4,9-13H2,1-2H3. The molecule has 1 aliphatic rings. The van der Waals surface area contributed by atoms with Gasteiger partial charge in [0.25, 0.3) is 0 Å². The normalized spacial score (nSPS) is 19.6. The zero-order valence-corrected chi connectivity index (χ0v) is 14.1. The Morgan fingerprint density at radius 1 is 1.22 bits per heavy atom. The van der Waals surface area contributed by atoms with Crippen molar-refractivity contribution in [3.05, 3.63) is 24.3 Å². The summed E-state index contributed by atoms with van der Waals surface area (Å²) in [6.45, 7) is 6.48. The number of phenolic OH excluding ortho intramolecular Hbond substituents is 1. The van der Waals surface area contributed by atoms with Crippen LogP contribution in [0.1, 0.15) is 39.5 Å². The van der Waals surface area contributed by atoms with Crippen LogP contribution in [0, 0.1) is 5.41 Å². The first-order valence-electron chi connectivity index (χ1n) is 8.55. The van der Waals surface area contributed by atoms with E-state index in [-0.39, 0.29) is 23.2 Å². The van der Waals surface area contributed by atoms with Crippen LogP contribution in [0.4, 0.5) is 5.69 Å². The average Bonchev–Trinajstić information content (AvgIpc) is 2.88. The topological polar surface area (TPSA) is 70.6 Å². The van der Waals surface area contributed by atoms with Gasteiger partial charge < -0.3 is 20.5 Å². The van der Waals surface area contributed by atoms with E-state index in [9.17, 15) is 9.90 Å². The number of nitrogens with one attached hydrogen (secondary N) is 2. The van der Waals surface area contributed by atoms with Crippen LogP contribution in [0.25, 0.3) is 0 Å². The van der Waals surface area contributed by atoms with Crippen LogP contribution in [-0.4, -0.2) is 36.8 Å². The summed E-state index contributed by atoms with van der Waals surface area (Å²) in [4.78, 5) is 12.0. The highest BCUT2D eigenvalue weighted by molar-refractivity contribution is 5.78. The zero-order valence-electron chi connectivity index (χ0n) is 14.1. The molecule has 0 bridgehead atoms. The summed E-state index contributed by atoms with van der Waals surface area (Å²) in [7, 11) is 0. The van der Waals surface area contributed by atoms with E-state index >= 15 is 0 Å². The van der Waals surface area contributed by atoms with Gasteiger partial charge in [0.15, 0.2) is 0 Å². The highest BCUT2D eigenvalue weighted by Gasteiger charge is 2.45. The van der Waals surface area contributed by atoms with Gasteiger partial charge in [-0.1, -0.05) is 26.0 Å². The second-order valence-electron chi connectivity index (χ2n) is 6.20. The minimum Gasteiger partial charge on any atom is -0.506 e. The molecule has 0 spiro atoms. The molecule has 1 heterocycles. The second-order valence-corrected chi connectivity index (χ2v) is 6.20. The number of phenols is 1. The molecule has 0 saturated carbocycles. The van der Waals surface area contributed by atoms with Crippen LogP contribution in [0.5, 0.6) is 5.75 Å². The number of hydrogen-bond acceptors (Lipinski definition) is 5. The summed E-state index contributed by atoms with van der Waals surface area (Å²) in [5, 5.41) is 16.2. The minimum atomic E-state index is -0.253. The van der Waals surface area contributed by atoms with Gasteiger partial charge in [0, 0.05) is 19.5 Å². The molecular weight excluding hydrogens is 292 g/mol. The molecule has 1 aromatic rings. The molecule has 0 aliphatic carbocycles. The maximum Gasteiger partial charge on any atom is 0.312 e. The lowest BCUT2D eigenvalue weighted by Crippen LogP contribution is -2.26. The molecule has 2 rings (SSSR count). The Labute approximate surface area is 138 Å². The molecule has 1 saturated heterocycles. The lowest BCUT2D eigenvalue weighted by Gasteiger charge is -2.20. The second kappa shape index (κ2) is 8.20. The summed E-state index contributed by atoms with van der Waals surface area (Å²) in [6.07, 6.45) is 3.45. The van der Waals surface area contributed by atoms with Crippen molar-refractivity contribution in [1.82, 2.24) is 5.32 Å². The number of anilines is 1. The van der Waals surface area contributed by atoms with E-state index in [1.165, 1.54) is 0 Å². The molecule has 1 unspecified atom stereocenters. The van der Waals surface area contributed by atoms with E-state index < -0.39 is 0 Å². The number of cyclic esters (lactones) is 1. The molecule has 0 amide bonds. The molecule has 1 fully saturated rings. The van der Waals surface area contributed by atoms with Gasteiger partial charge in [-0.3, -0.25) is 4.79 Å². The van der Waals surface area contributed by atoms with Crippen molar-refractivity contribution in [1.29, 1.82) is 0 Å². The number of carbonyl (C=O) groups excluding carboxylic acids is 1. The Balaban J connectivity index is 1.61. The summed E-state index contributed by atoms with van der Waals surface area (Å²) in [5.41, 5.74) is 0.492. The molecule has 1 atom stereocenters. The third-order valence-electron chi connectivity index (χ3n) is 4.84. The van der Waals surface area contributed by atoms with Crippen molar-refractivity contribution in [2.45, 2.75) is 45.6 Å². The summed E-state index contributed by atoms with van der Waals surface area (Å²) >= 11 is 0. The van der Waals surface area contributed by atoms with Crippen LogP contribution in [0.3, 0.4) is 0 Å². The van der Waals surface area contributed by atoms with Gasteiger partial charge in [-0.2, -0.15) is 0 Å². The van der Waals surface area contributed by atoms with E-state index in [4.69, 9.17) is 4.74 Å². The molecule has 0 radical (unpaired) electrons. The fourth-order valence-electron chi connectivity index (χ4n) is 3.12. The van der Waals surface area contributed by atoms with Crippen molar-refractivity contribution in [2.75, 3.05) is 25.0 Å². The number of aromatic hydroxyl groups is 1. The fraction of sp³-hybridized carbons (Fsp3) is 0.611. The zero-order chi connectivity index (χ0) is 16.7. The molecule has 1 aliphatic heterocycles. The lowest BCUT2D eigenvalue weighted by atomic mass is 9.79. The number of hydrogen-bond donors (Lipinski definition) is 3. The third-order valence-corrected chi connectivity index (χ3v) is 4.84. The van der Waals surface area contributed by atoms with Crippen molar-refractivity contribution < 1.29 is 14.6 Å². The summed E-state index contributed by atoms with van der Waals surface area (Å²) < 4.78 is 5.52. The Hall–Kier alpha value is -1.75. The quantitative estimate of drug-likeness (QED) is 0.371. The lowest BCUT2D eigenvalue weighted by molar-refractivity contribution is -0.149. The number of carbonyl (C=O) groups is 1. The first kappa shape index (κ1) is 17.6. The number of para-hydroxylation sites is 2. The Bertz CT molecular complexity index is 515. The maximum atomic E-state index is 12.0. The average molecular weight is 320 g/mol. The van der Waals surface area contributed by atoms with Gasteiger partial charge in [0.1, 0.15) is 11.9 Å².